The monoisotopic (exact) mass is 716 g/mol. The van der Waals surface area contributed by atoms with Gasteiger partial charge in [-0.05, 0) is 48.0 Å². The van der Waals surface area contributed by atoms with E-state index in [0.29, 0.717) is 21.9 Å². The van der Waals surface area contributed by atoms with Crippen LogP contribution in [-0.4, -0.2) is 23.0 Å². The summed E-state index contributed by atoms with van der Waals surface area (Å²) in [6, 6.07) is 25.8. The molecule has 199 valence electrons. The molecule has 0 bridgehead atoms. The summed E-state index contributed by atoms with van der Waals surface area (Å²) >= 11 is 0. The molecule has 0 amide bonds. The minimum atomic E-state index is -2.64. The van der Waals surface area contributed by atoms with E-state index in [-0.39, 0.29) is 37.2 Å². The Hall–Kier alpha value is -3.51. The summed E-state index contributed by atoms with van der Waals surface area (Å²) in [6.07, 6.45) is 2.86. The number of nitrogens with zero attached hydrogens (tertiary/aromatic N) is 3. The third-order valence-corrected chi connectivity index (χ3v) is 8.05. The van der Waals surface area contributed by atoms with E-state index >= 15 is 0 Å². The molecule has 0 saturated heterocycles. The predicted molar refractivity (Wildman–Crippen MR) is 155 cm³/mol. The van der Waals surface area contributed by atoms with Crippen LogP contribution in [0.15, 0.2) is 83.5 Å². The van der Waals surface area contributed by atoms with Gasteiger partial charge in [-0.3, -0.25) is 0 Å². The van der Waals surface area contributed by atoms with Gasteiger partial charge in [0.25, 0.3) is 0 Å². The van der Waals surface area contributed by atoms with Crippen LogP contribution in [0.4, 0.5) is 4.39 Å². The molecule has 4 aromatic heterocycles. The maximum Gasteiger partial charge on any atom is 0.216 e. The van der Waals surface area contributed by atoms with Crippen LogP contribution in [0, 0.1) is 31.7 Å². The van der Waals surface area contributed by atoms with Crippen molar-refractivity contribution in [3.8, 4) is 22.5 Å². The maximum absolute atomic E-state index is 13.9. The van der Waals surface area contributed by atoms with E-state index in [1.54, 1.807) is 18.2 Å². The molecule has 2 aromatic carbocycles. The number of aromatic nitrogens is 3. The molecule has 0 atom stereocenters. The van der Waals surface area contributed by atoms with E-state index in [1.165, 1.54) is 11.3 Å². The molecule has 4 nitrogen and oxygen atoms in total. The number of rotatable bonds is 3. The molecular weight excluding hydrogens is 682 g/mol. The Morgan fingerprint density at radius 3 is 2.41 bits per heavy atom. The van der Waals surface area contributed by atoms with Gasteiger partial charge in [0.05, 0.1) is 19.9 Å². The molecule has 6 rings (SSSR count). The molecule has 0 spiro atoms. The zero-order valence-electron chi connectivity index (χ0n) is 27.5. The Balaban J connectivity index is 0.000000231. The van der Waals surface area contributed by atoms with E-state index in [0.717, 1.165) is 23.5 Å². The third-order valence-electron chi connectivity index (χ3n) is 6.02. The van der Waals surface area contributed by atoms with Gasteiger partial charge in [-0.25, -0.2) is 9.37 Å². The minimum Gasteiger partial charge on any atom is -0.486 e. The summed E-state index contributed by atoms with van der Waals surface area (Å²) in [5.41, 5.74) is 2.44. The Labute approximate surface area is 251 Å². The molecule has 0 aliphatic heterocycles. The van der Waals surface area contributed by atoms with Crippen molar-refractivity contribution in [3.05, 3.63) is 108 Å². The van der Waals surface area contributed by atoms with Gasteiger partial charge < -0.3 is 14.4 Å². The second-order valence-electron chi connectivity index (χ2n) is 9.75. The zero-order chi connectivity index (χ0) is 31.9. The Bertz CT molecular complexity index is 1940. The molecule has 0 fully saturated rings. The van der Waals surface area contributed by atoms with Gasteiger partial charge in [-0.15, -0.1) is 54.1 Å². The van der Waals surface area contributed by atoms with Crippen molar-refractivity contribution in [2.75, 3.05) is 0 Å². The molecule has 0 saturated carbocycles. The van der Waals surface area contributed by atoms with Crippen LogP contribution in [-0.2, 0) is 20.1 Å². The fraction of sp³-hybridized carbons (Fsp3) is 0.156. The SMILES string of the molecule is C[Si](C)(C)c1ccc(-c2[c-]cccc2)nc1.[2H]C([2H])([2H])c1ccc2c(n1)oc1c(-c3cc(C([2H])([2H])[2H])c(F)cn3)[c-]ccc12.[Ir]. The van der Waals surface area contributed by atoms with Crippen LogP contribution in [0.3, 0.4) is 0 Å². The second-order valence-corrected chi connectivity index (χ2v) is 14.8. The van der Waals surface area contributed by atoms with Crippen molar-refractivity contribution < 1.29 is 37.1 Å². The number of benzene rings is 2. The summed E-state index contributed by atoms with van der Waals surface area (Å²) in [6.45, 7) is 1.98. The Kier molecular flexibility index (Phi) is 6.40. The first kappa shape index (κ1) is 21.3. The van der Waals surface area contributed by atoms with E-state index in [4.69, 9.17) is 12.6 Å². The van der Waals surface area contributed by atoms with Crippen LogP contribution in [0.5, 0.6) is 0 Å². The van der Waals surface area contributed by atoms with Gasteiger partial charge in [0.15, 0.2) is 0 Å². The fourth-order valence-corrected chi connectivity index (χ4v) is 4.97. The third kappa shape index (κ3) is 6.22. The maximum atomic E-state index is 13.9. The van der Waals surface area contributed by atoms with Gasteiger partial charge >= 0.3 is 0 Å². The average molecular weight is 716 g/mol. The first-order chi connectivity index (χ1) is 20.6. The molecule has 1 radical (unpaired) electrons. The largest absolute Gasteiger partial charge is 0.486 e. The smallest absolute Gasteiger partial charge is 0.216 e. The molecule has 0 N–H and O–H groups in total. The molecule has 0 unspecified atom stereocenters. The average Bonchev–Trinajstić information content (AvgIpc) is 3.35. The molecule has 7 heteroatoms. The topological polar surface area (TPSA) is 51.8 Å². The zero-order valence-corrected chi connectivity index (χ0v) is 24.9. The van der Waals surface area contributed by atoms with E-state index in [1.807, 2.05) is 30.5 Å². The van der Waals surface area contributed by atoms with Gasteiger partial charge in [0, 0.05) is 45.6 Å². The summed E-state index contributed by atoms with van der Waals surface area (Å²) in [4.78, 5) is 12.6. The van der Waals surface area contributed by atoms with Gasteiger partial charge in [0.1, 0.15) is 5.82 Å². The number of hydrogen-bond acceptors (Lipinski definition) is 4. The normalized spacial score (nSPS) is 14.1. The molecule has 39 heavy (non-hydrogen) atoms. The molecule has 4 heterocycles. The van der Waals surface area contributed by atoms with Crippen LogP contribution in [0.25, 0.3) is 44.6 Å². The number of hydrogen-bond donors (Lipinski definition) is 0. The van der Waals surface area contributed by atoms with Gasteiger partial charge in [-0.1, -0.05) is 48.8 Å². The van der Waals surface area contributed by atoms with Crippen molar-refractivity contribution >= 4 is 35.3 Å². The molecular formula is C32H28FIrN3OSi-2. The van der Waals surface area contributed by atoms with Crippen LogP contribution < -0.4 is 5.19 Å². The number of pyridine rings is 3. The van der Waals surface area contributed by atoms with E-state index < -0.39 is 33.2 Å². The van der Waals surface area contributed by atoms with Crippen molar-refractivity contribution in [2.24, 2.45) is 0 Å². The number of aryl methyl sites for hydroxylation is 2. The number of furan rings is 1. The van der Waals surface area contributed by atoms with Crippen molar-refractivity contribution in [1.82, 2.24) is 15.0 Å². The Morgan fingerprint density at radius 2 is 1.72 bits per heavy atom. The van der Waals surface area contributed by atoms with E-state index in [2.05, 4.69) is 58.9 Å². The van der Waals surface area contributed by atoms with Crippen molar-refractivity contribution in [3.63, 3.8) is 0 Å². The minimum absolute atomic E-state index is 0. The van der Waals surface area contributed by atoms with Gasteiger partial charge in [0.2, 0.25) is 5.71 Å². The summed E-state index contributed by atoms with van der Waals surface area (Å²) < 4.78 is 64.5. The Morgan fingerprint density at radius 1 is 0.872 bits per heavy atom. The summed E-state index contributed by atoms with van der Waals surface area (Å²) in [5.74, 6) is -0.926. The fourth-order valence-electron chi connectivity index (χ4n) is 3.94. The second kappa shape index (κ2) is 11.7. The first-order valence-electron chi connectivity index (χ1n) is 15.0. The number of fused-ring (bicyclic) bond motifs is 3. The van der Waals surface area contributed by atoms with Crippen LogP contribution in [0.2, 0.25) is 19.6 Å². The molecule has 6 aromatic rings. The quantitative estimate of drug-likeness (QED) is 0.139. The van der Waals surface area contributed by atoms with Crippen LogP contribution >= 0.6 is 0 Å². The summed E-state index contributed by atoms with van der Waals surface area (Å²) in [5, 5.41) is 2.62. The van der Waals surface area contributed by atoms with Crippen molar-refractivity contribution in [1.29, 1.82) is 0 Å². The summed E-state index contributed by atoms with van der Waals surface area (Å²) in [7, 11) is -1.23. The van der Waals surface area contributed by atoms with Crippen molar-refractivity contribution in [2.45, 2.75) is 33.3 Å². The van der Waals surface area contributed by atoms with E-state index in [9.17, 15) is 4.39 Å². The standard InChI is InChI=1S/C18H12FN2O.C14H16NSi.Ir/c1-10-8-16(20-9-15(10)19)14-5-3-4-12-13-7-6-11(2)21-18(13)22-17(12)14;1-16(2,3)13-9-10-14(15-11-13)12-7-5-4-6-8-12;/h3-4,6-9H,1-2H3;4-7,9-11H,1-3H3;/q2*-1;/i1D3,2D3;;. The molecule has 0 aliphatic rings. The van der Waals surface area contributed by atoms with Crippen LogP contribution in [0.1, 0.15) is 19.5 Å². The molecule has 0 aliphatic carbocycles. The predicted octanol–water partition coefficient (Wildman–Crippen LogP) is 7.69. The number of halogens is 1. The first-order valence-corrected chi connectivity index (χ1v) is 15.5. The van der Waals surface area contributed by atoms with Gasteiger partial charge in [-0.2, -0.15) is 0 Å².